The molecule has 1 unspecified atom stereocenters. The maximum atomic E-state index is 11.1. The van der Waals surface area contributed by atoms with E-state index in [-0.39, 0.29) is 11.4 Å². The van der Waals surface area contributed by atoms with E-state index in [2.05, 4.69) is 5.10 Å². The summed E-state index contributed by atoms with van der Waals surface area (Å²) in [6, 6.07) is 6.81. The van der Waals surface area contributed by atoms with Gasteiger partial charge >= 0.3 is 0 Å². The molecule has 1 aromatic heterocycles. The number of hydrogen-bond donors (Lipinski definition) is 3. The van der Waals surface area contributed by atoms with Gasteiger partial charge in [-0.05, 0) is 12.1 Å². The summed E-state index contributed by atoms with van der Waals surface area (Å²) in [4.78, 5) is 11.1. The molecule has 7 heteroatoms. The number of benzene rings is 1. The Morgan fingerprint density at radius 2 is 2.05 bits per heavy atom. The smallest absolute Gasteiger partial charge is 0.271 e. The van der Waals surface area contributed by atoms with E-state index in [9.17, 15) is 9.90 Å². The standard InChI is InChI=1S/C12H14N4O3/c1-19-12(18)7-2-4-8(5-3-7)16-6-9(13)10(15-16)11(14)17/h2-6,12,18H,13H2,1H3,(H2,14,17). The average molecular weight is 262 g/mol. The number of aliphatic hydroxyl groups excluding tert-OH is 1. The molecule has 0 aliphatic carbocycles. The molecule has 1 aromatic carbocycles. The first-order chi connectivity index (χ1) is 9.02. The van der Waals surface area contributed by atoms with Crippen LogP contribution in [0.2, 0.25) is 0 Å². The van der Waals surface area contributed by atoms with E-state index in [1.165, 1.54) is 18.0 Å². The molecular weight excluding hydrogens is 248 g/mol. The number of methoxy groups -OCH3 is 1. The summed E-state index contributed by atoms with van der Waals surface area (Å²) in [7, 11) is 1.41. The third kappa shape index (κ3) is 2.56. The minimum atomic E-state index is -0.974. The van der Waals surface area contributed by atoms with Crippen LogP contribution in [-0.2, 0) is 4.74 Å². The lowest BCUT2D eigenvalue weighted by Gasteiger charge is -2.09. The van der Waals surface area contributed by atoms with Crippen LogP contribution in [0.15, 0.2) is 30.5 Å². The molecule has 0 fully saturated rings. The highest BCUT2D eigenvalue weighted by molar-refractivity contribution is 5.95. The van der Waals surface area contributed by atoms with E-state index < -0.39 is 12.2 Å². The van der Waals surface area contributed by atoms with Crippen LogP contribution < -0.4 is 11.5 Å². The van der Waals surface area contributed by atoms with Crippen LogP contribution in [-0.4, -0.2) is 27.9 Å². The molecule has 1 atom stereocenters. The number of primary amides is 1. The van der Waals surface area contributed by atoms with Crippen LogP contribution in [0.25, 0.3) is 5.69 Å². The van der Waals surface area contributed by atoms with Gasteiger partial charge in [-0.3, -0.25) is 4.79 Å². The molecule has 19 heavy (non-hydrogen) atoms. The number of anilines is 1. The number of amides is 1. The van der Waals surface area contributed by atoms with E-state index in [1.807, 2.05) is 0 Å². The number of carbonyl (C=O) groups excluding carboxylic acids is 1. The molecule has 0 spiro atoms. The fourth-order valence-corrected chi connectivity index (χ4v) is 1.64. The van der Waals surface area contributed by atoms with E-state index in [1.54, 1.807) is 24.3 Å². The van der Waals surface area contributed by atoms with Crippen LogP contribution in [0.3, 0.4) is 0 Å². The summed E-state index contributed by atoms with van der Waals surface area (Å²) in [5.41, 5.74) is 12.3. The Morgan fingerprint density at radius 1 is 1.42 bits per heavy atom. The van der Waals surface area contributed by atoms with Crippen molar-refractivity contribution < 1.29 is 14.6 Å². The van der Waals surface area contributed by atoms with Crippen molar-refractivity contribution in [3.05, 3.63) is 41.7 Å². The zero-order valence-electron chi connectivity index (χ0n) is 10.3. The van der Waals surface area contributed by atoms with Crippen molar-refractivity contribution in [2.75, 3.05) is 12.8 Å². The fourth-order valence-electron chi connectivity index (χ4n) is 1.64. The highest BCUT2D eigenvalue weighted by atomic mass is 16.6. The van der Waals surface area contributed by atoms with Crippen LogP contribution in [0, 0.1) is 0 Å². The number of nitrogens with two attached hydrogens (primary N) is 2. The highest BCUT2D eigenvalue weighted by Gasteiger charge is 2.12. The minimum Gasteiger partial charge on any atom is -0.396 e. The van der Waals surface area contributed by atoms with Crippen LogP contribution >= 0.6 is 0 Å². The topological polar surface area (TPSA) is 116 Å². The third-order valence-corrected chi connectivity index (χ3v) is 2.64. The first-order valence-electron chi connectivity index (χ1n) is 5.49. The van der Waals surface area contributed by atoms with Gasteiger partial charge in [0.1, 0.15) is 0 Å². The van der Waals surface area contributed by atoms with Crippen molar-refractivity contribution >= 4 is 11.6 Å². The van der Waals surface area contributed by atoms with Gasteiger partial charge in [0.15, 0.2) is 12.0 Å². The van der Waals surface area contributed by atoms with Gasteiger partial charge < -0.3 is 21.3 Å². The van der Waals surface area contributed by atoms with Gasteiger partial charge in [0.05, 0.1) is 17.6 Å². The molecule has 2 aromatic rings. The molecule has 0 radical (unpaired) electrons. The zero-order chi connectivity index (χ0) is 14.0. The predicted octanol–water partition coefficient (Wildman–Crippen LogP) is 0.191. The number of ether oxygens (including phenoxy) is 1. The van der Waals surface area contributed by atoms with Crippen LogP contribution in [0.4, 0.5) is 5.69 Å². The van der Waals surface area contributed by atoms with Crippen molar-refractivity contribution in [2.24, 2.45) is 5.73 Å². The van der Waals surface area contributed by atoms with Gasteiger partial charge in [-0.25, -0.2) is 4.68 Å². The second-order valence-electron chi connectivity index (χ2n) is 3.92. The monoisotopic (exact) mass is 262 g/mol. The van der Waals surface area contributed by atoms with Gasteiger partial charge in [-0.2, -0.15) is 5.10 Å². The van der Waals surface area contributed by atoms with Gasteiger partial charge in [0.2, 0.25) is 0 Å². The Morgan fingerprint density at radius 3 is 2.53 bits per heavy atom. The molecule has 1 amide bonds. The summed E-state index contributed by atoms with van der Waals surface area (Å²) in [5, 5.41) is 13.5. The summed E-state index contributed by atoms with van der Waals surface area (Å²) in [6.07, 6.45) is 0.528. The number of carbonyl (C=O) groups is 1. The number of rotatable bonds is 4. The summed E-state index contributed by atoms with van der Waals surface area (Å²) >= 11 is 0. The van der Waals surface area contributed by atoms with E-state index in [0.717, 1.165) is 0 Å². The summed E-state index contributed by atoms with van der Waals surface area (Å²) in [6.45, 7) is 0. The number of hydrogen-bond acceptors (Lipinski definition) is 5. The fraction of sp³-hybridized carbons (Fsp3) is 0.167. The van der Waals surface area contributed by atoms with Crippen molar-refractivity contribution in [3.63, 3.8) is 0 Å². The van der Waals surface area contributed by atoms with Gasteiger partial charge in [-0.1, -0.05) is 12.1 Å². The van der Waals surface area contributed by atoms with Gasteiger partial charge in [0, 0.05) is 12.7 Å². The Kier molecular flexibility index (Phi) is 3.50. The Bertz CT molecular complexity index is 592. The second kappa shape index (κ2) is 5.09. The van der Waals surface area contributed by atoms with Gasteiger partial charge in [-0.15, -0.1) is 0 Å². The van der Waals surface area contributed by atoms with Crippen molar-refractivity contribution in [1.82, 2.24) is 9.78 Å². The number of nitrogens with zero attached hydrogens (tertiary/aromatic N) is 2. The van der Waals surface area contributed by atoms with Crippen molar-refractivity contribution in [3.8, 4) is 5.69 Å². The lowest BCUT2D eigenvalue weighted by Crippen LogP contribution is -2.14. The quantitative estimate of drug-likeness (QED) is 0.680. The normalized spacial score (nSPS) is 12.3. The molecule has 1 heterocycles. The summed E-state index contributed by atoms with van der Waals surface area (Å²) < 4.78 is 6.23. The maximum Gasteiger partial charge on any atom is 0.271 e. The predicted molar refractivity (Wildman–Crippen MR) is 68.5 cm³/mol. The molecule has 0 saturated carbocycles. The average Bonchev–Trinajstić information content (AvgIpc) is 2.80. The molecule has 7 nitrogen and oxygen atoms in total. The molecule has 0 bridgehead atoms. The van der Waals surface area contributed by atoms with Gasteiger partial charge in [0.25, 0.3) is 5.91 Å². The van der Waals surface area contributed by atoms with E-state index in [4.69, 9.17) is 16.2 Å². The Balaban J connectivity index is 2.32. The molecule has 0 aliphatic rings. The molecule has 0 aliphatic heterocycles. The van der Waals surface area contributed by atoms with Crippen molar-refractivity contribution in [2.45, 2.75) is 6.29 Å². The summed E-state index contributed by atoms with van der Waals surface area (Å²) in [5.74, 6) is -0.678. The van der Waals surface area contributed by atoms with Crippen LogP contribution in [0.5, 0.6) is 0 Å². The Hall–Kier alpha value is -2.38. The van der Waals surface area contributed by atoms with Crippen molar-refractivity contribution in [1.29, 1.82) is 0 Å². The Labute approximate surface area is 109 Å². The zero-order valence-corrected chi connectivity index (χ0v) is 10.3. The SMILES string of the molecule is COC(O)c1ccc(-n2cc(N)c(C(N)=O)n2)cc1. The van der Waals surface area contributed by atoms with E-state index in [0.29, 0.717) is 11.3 Å². The molecule has 2 rings (SSSR count). The molecular formula is C12H14N4O3. The first kappa shape index (κ1) is 13.1. The lowest BCUT2D eigenvalue weighted by molar-refractivity contribution is -0.0769. The largest absolute Gasteiger partial charge is 0.396 e. The minimum absolute atomic E-state index is 0.0287. The molecule has 5 N–H and O–H groups in total. The van der Waals surface area contributed by atoms with Crippen LogP contribution in [0.1, 0.15) is 22.3 Å². The first-order valence-corrected chi connectivity index (χ1v) is 5.49. The number of nitrogen functional groups attached to an aromatic ring is 1. The second-order valence-corrected chi connectivity index (χ2v) is 3.92. The molecule has 0 saturated heterocycles. The maximum absolute atomic E-state index is 11.1. The highest BCUT2D eigenvalue weighted by Crippen LogP contribution is 2.18. The molecule has 100 valence electrons. The number of aliphatic hydroxyl groups is 1. The third-order valence-electron chi connectivity index (χ3n) is 2.64. The van der Waals surface area contributed by atoms with E-state index >= 15 is 0 Å². The number of aromatic nitrogens is 2. The lowest BCUT2D eigenvalue weighted by atomic mass is 10.2.